The Morgan fingerprint density at radius 3 is 2.73 bits per heavy atom. The van der Waals surface area contributed by atoms with Crippen LogP contribution in [0.4, 0.5) is 10.1 Å². The molecule has 2 aromatic heterocycles. The number of carbonyl (C=O) groups is 1. The number of nitrogens with zero attached hydrogens (tertiary/aromatic N) is 3. The fourth-order valence-electron chi connectivity index (χ4n) is 3.17. The van der Waals surface area contributed by atoms with E-state index in [9.17, 15) is 9.18 Å². The highest BCUT2D eigenvalue weighted by Crippen LogP contribution is 2.23. The smallest absolute Gasteiger partial charge is 0.259 e. The summed E-state index contributed by atoms with van der Waals surface area (Å²) in [6.07, 6.45) is 7.01. The maximum atomic E-state index is 13.1. The number of halogens is 1. The number of aromatic amines is 1. The summed E-state index contributed by atoms with van der Waals surface area (Å²) in [6.45, 7) is 1.95. The molecule has 8 heteroatoms. The van der Waals surface area contributed by atoms with Gasteiger partial charge in [-0.2, -0.15) is 10.2 Å². The molecule has 134 valence electrons. The lowest BCUT2D eigenvalue weighted by Crippen LogP contribution is -2.29. The number of piperidine rings is 1. The third kappa shape index (κ3) is 3.36. The molecule has 0 aliphatic carbocycles. The SMILES string of the molecule is O=C(Nc1cnn(C2CCNCC2)c1)c1cn[nH]c1-c1ccc(F)cc1. The normalized spacial score (nSPS) is 15.1. The molecule has 1 fully saturated rings. The highest BCUT2D eigenvalue weighted by Gasteiger charge is 2.18. The van der Waals surface area contributed by atoms with Crippen molar-refractivity contribution < 1.29 is 9.18 Å². The lowest BCUT2D eigenvalue weighted by molar-refractivity contribution is 0.102. The standard InChI is InChI=1S/C18H19FN6O/c19-13-3-1-12(2-4-13)17-16(10-21-24-17)18(26)23-14-9-22-25(11-14)15-5-7-20-8-6-15/h1-4,9-11,15,20H,5-8H2,(H,21,24)(H,23,26). The van der Waals surface area contributed by atoms with Crippen molar-refractivity contribution in [2.24, 2.45) is 0 Å². The van der Waals surface area contributed by atoms with Crippen molar-refractivity contribution in [1.82, 2.24) is 25.3 Å². The van der Waals surface area contributed by atoms with Gasteiger partial charge in [0.1, 0.15) is 5.82 Å². The van der Waals surface area contributed by atoms with E-state index >= 15 is 0 Å². The van der Waals surface area contributed by atoms with Crippen LogP contribution in [0.5, 0.6) is 0 Å². The Balaban J connectivity index is 1.50. The topological polar surface area (TPSA) is 87.6 Å². The molecule has 3 heterocycles. The van der Waals surface area contributed by atoms with Crippen LogP contribution in [0.1, 0.15) is 29.2 Å². The Labute approximate surface area is 149 Å². The summed E-state index contributed by atoms with van der Waals surface area (Å²) in [4.78, 5) is 12.6. The van der Waals surface area contributed by atoms with Crippen molar-refractivity contribution in [3.8, 4) is 11.3 Å². The summed E-state index contributed by atoms with van der Waals surface area (Å²) in [5.74, 6) is -0.618. The van der Waals surface area contributed by atoms with E-state index in [1.165, 1.54) is 18.3 Å². The molecule has 0 radical (unpaired) electrons. The summed E-state index contributed by atoms with van der Waals surface area (Å²) in [7, 11) is 0. The van der Waals surface area contributed by atoms with E-state index in [4.69, 9.17) is 0 Å². The summed E-state index contributed by atoms with van der Waals surface area (Å²) in [5, 5.41) is 17.3. The monoisotopic (exact) mass is 354 g/mol. The lowest BCUT2D eigenvalue weighted by Gasteiger charge is -2.22. The van der Waals surface area contributed by atoms with E-state index in [0.29, 0.717) is 28.6 Å². The second-order valence-electron chi connectivity index (χ2n) is 6.31. The summed E-state index contributed by atoms with van der Waals surface area (Å²) in [6, 6.07) is 6.26. The van der Waals surface area contributed by atoms with Crippen molar-refractivity contribution >= 4 is 11.6 Å². The Morgan fingerprint density at radius 2 is 1.96 bits per heavy atom. The van der Waals surface area contributed by atoms with Gasteiger partial charge in [0.15, 0.2) is 0 Å². The maximum absolute atomic E-state index is 13.1. The fourth-order valence-corrected chi connectivity index (χ4v) is 3.17. The first kappa shape index (κ1) is 16.5. The van der Waals surface area contributed by atoms with E-state index in [2.05, 4.69) is 25.9 Å². The Morgan fingerprint density at radius 1 is 1.19 bits per heavy atom. The van der Waals surface area contributed by atoms with Crippen LogP contribution in [0.25, 0.3) is 11.3 Å². The zero-order chi connectivity index (χ0) is 17.9. The molecule has 1 aromatic carbocycles. The maximum Gasteiger partial charge on any atom is 0.259 e. The summed E-state index contributed by atoms with van der Waals surface area (Å²) < 4.78 is 15.0. The number of aromatic nitrogens is 4. The molecule has 4 rings (SSSR count). The second kappa shape index (κ2) is 7.09. The number of benzene rings is 1. The Bertz CT molecular complexity index is 895. The summed E-state index contributed by atoms with van der Waals surface area (Å²) >= 11 is 0. The predicted octanol–water partition coefficient (Wildman–Crippen LogP) is 2.59. The van der Waals surface area contributed by atoms with Gasteiger partial charge in [-0.1, -0.05) is 0 Å². The molecule has 0 atom stereocenters. The largest absolute Gasteiger partial charge is 0.319 e. The molecule has 1 aliphatic rings. The number of H-pyrrole nitrogens is 1. The van der Waals surface area contributed by atoms with Crippen molar-refractivity contribution in [2.75, 3.05) is 18.4 Å². The minimum atomic E-state index is -0.329. The zero-order valence-electron chi connectivity index (χ0n) is 14.1. The van der Waals surface area contributed by atoms with Crippen molar-refractivity contribution in [3.05, 3.63) is 54.2 Å². The van der Waals surface area contributed by atoms with E-state index in [-0.39, 0.29) is 11.7 Å². The highest BCUT2D eigenvalue weighted by atomic mass is 19.1. The van der Waals surface area contributed by atoms with Gasteiger partial charge in [0, 0.05) is 11.8 Å². The Hall–Kier alpha value is -3.00. The third-order valence-corrected chi connectivity index (χ3v) is 4.56. The first-order valence-electron chi connectivity index (χ1n) is 8.56. The fraction of sp³-hybridized carbons (Fsp3) is 0.278. The van der Waals surface area contributed by atoms with Crippen LogP contribution in [0, 0.1) is 5.82 Å². The first-order valence-corrected chi connectivity index (χ1v) is 8.56. The molecular weight excluding hydrogens is 335 g/mol. The van der Waals surface area contributed by atoms with Crippen molar-refractivity contribution in [1.29, 1.82) is 0 Å². The van der Waals surface area contributed by atoms with Crippen LogP contribution < -0.4 is 10.6 Å². The van der Waals surface area contributed by atoms with Gasteiger partial charge >= 0.3 is 0 Å². The van der Waals surface area contributed by atoms with Crippen LogP contribution in [0.2, 0.25) is 0 Å². The molecular formula is C18H19FN6O. The number of hydrogen-bond acceptors (Lipinski definition) is 4. The number of carbonyl (C=O) groups excluding carboxylic acids is 1. The average Bonchev–Trinajstić information content (AvgIpc) is 3.33. The number of rotatable bonds is 4. The van der Waals surface area contributed by atoms with E-state index < -0.39 is 0 Å². The molecule has 7 nitrogen and oxygen atoms in total. The van der Waals surface area contributed by atoms with Crippen molar-refractivity contribution in [3.63, 3.8) is 0 Å². The lowest BCUT2D eigenvalue weighted by atomic mass is 10.1. The molecule has 0 saturated carbocycles. The average molecular weight is 354 g/mol. The van der Waals surface area contributed by atoms with E-state index in [1.807, 2.05) is 10.9 Å². The van der Waals surface area contributed by atoms with Gasteiger partial charge in [-0.25, -0.2) is 4.39 Å². The highest BCUT2D eigenvalue weighted by molar-refractivity contribution is 6.07. The number of amides is 1. The molecule has 26 heavy (non-hydrogen) atoms. The van der Waals surface area contributed by atoms with Crippen LogP contribution >= 0.6 is 0 Å². The molecule has 0 unspecified atom stereocenters. The number of nitrogens with one attached hydrogen (secondary N) is 3. The van der Waals surface area contributed by atoms with Gasteiger partial charge < -0.3 is 10.6 Å². The van der Waals surface area contributed by atoms with Crippen LogP contribution in [0.3, 0.4) is 0 Å². The van der Waals surface area contributed by atoms with Gasteiger partial charge in [-0.05, 0) is 50.2 Å². The van der Waals surface area contributed by atoms with Crippen molar-refractivity contribution in [2.45, 2.75) is 18.9 Å². The van der Waals surface area contributed by atoms with Crippen LogP contribution in [-0.4, -0.2) is 39.0 Å². The molecule has 1 aliphatic heterocycles. The van der Waals surface area contributed by atoms with Gasteiger partial charge in [-0.15, -0.1) is 0 Å². The third-order valence-electron chi connectivity index (χ3n) is 4.56. The van der Waals surface area contributed by atoms with Gasteiger partial charge in [0.2, 0.25) is 0 Å². The van der Waals surface area contributed by atoms with Crippen LogP contribution in [-0.2, 0) is 0 Å². The quantitative estimate of drug-likeness (QED) is 0.672. The minimum absolute atomic E-state index is 0.289. The predicted molar refractivity (Wildman–Crippen MR) is 95.3 cm³/mol. The van der Waals surface area contributed by atoms with Gasteiger partial charge in [0.05, 0.1) is 35.4 Å². The first-order chi connectivity index (χ1) is 12.7. The van der Waals surface area contributed by atoms with E-state index in [1.54, 1.807) is 18.3 Å². The molecule has 1 saturated heterocycles. The van der Waals surface area contributed by atoms with Gasteiger partial charge in [-0.3, -0.25) is 14.6 Å². The molecule has 0 bridgehead atoms. The summed E-state index contributed by atoms with van der Waals surface area (Å²) in [5.41, 5.74) is 2.28. The molecule has 0 spiro atoms. The molecule has 3 aromatic rings. The number of anilines is 1. The Kier molecular flexibility index (Phi) is 4.49. The molecule has 3 N–H and O–H groups in total. The molecule has 1 amide bonds. The minimum Gasteiger partial charge on any atom is -0.319 e. The van der Waals surface area contributed by atoms with Crippen LogP contribution in [0.15, 0.2) is 42.9 Å². The van der Waals surface area contributed by atoms with E-state index in [0.717, 1.165) is 25.9 Å². The second-order valence-corrected chi connectivity index (χ2v) is 6.31. The number of hydrogen-bond donors (Lipinski definition) is 3. The zero-order valence-corrected chi connectivity index (χ0v) is 14.1. The van der Waals surface area contributed by atoms with Gasteiger partial charge in [0.25, 0.3) is 5.91 Å².